The van der Waals surface area contributed by atoms with Crippen LogP contribution in [-0.4, -0.2) is 50.7 Å². The molecule has 1 fully saturated rings. The molecule has 7 nitrogen and oxygen atoms in total. The topological polar surface area (TPSA) is 88.2 Å². The van der Waals surface area contributed by atoms with Crippen LogP contribution in [0.4, 0.5) is 0 Å². The summed E-state index contributed by atoms with van der Waals surface area (Å²) in [5.74, 6) is -0.516. The summed E-state index contributed by atoms with van der Waals surface area (Å²) in [6, 6.07) is 9.13. The molecule has 3 aromatic rings. The van der Waals surface area contributed by atoms with Crippen molar-refractivity contribution in [3.63, 3.8) is 0 Å². The fourth-order valence-corrected chi connectivity index (χ4v) is 3.26. The van der Waals surface area contributed by atoms with Gasteiger partial charge in [-0.05, 0) is 18.9 Å². The molecular formula is C19H18N4O3. The third-order valence-electron chi connectivity index (χ3n) is 4.54. The van der Waals surface area contributed by atoms with Crippen LogP contribution in [-0.2, 0) is 4.79 Å². The van der Waals surface area contributed by atoms with E-state index in [4.69, 9.17) is 4.74 Å². The highest BCUT2D eigenvalue weighted by atomic mass is 16.5. The summed E-state index contributed by atoms with van der Waals surface area (Å²) in [5, 5.41) is 0.761. The van der Waals surface area contributed by atoms with E-state index in [1.54, 1.807) is 23.4 Å². The van der Waals surface area contributed by atoms with Gasteiger partial charge >= 0.3 is 0 Å². The average Bonchev–Trinajstić information content (AvgIpc) is 3.12. The van der Waals surface area contributed by atoms with Crippen LogP contribution in [0.15, 0.2) is 49.1 Å². The Bertz CT molecular complexity index is 938. The van der Waals surface area contributed by atoms with Crippen LogP contribution in [0.25, 0.3) is 10.9 Å². The summed E-state index contributed by atoms with van der Waals surface area (Å²) in [7, 11) is 0. The first-order valence-corrected chi connectivity index (χ1v) is 8.55. The van der Waals surface area contributed by atoms with Crippen molar-refractivity contribution >= 4 is 22.6 Å². The Morgan fingerprint density at radius 3 is 2.96 bits per heavy atom. The van der Waals surface area contributed by atoms with Gasteiger partial charge in [0, 0.05) is 35.9 Å². The first-order valence-electron chi connectivity index (χ1n) is 8.55. The van der Waals surface area contributed by atoms with Crippen LogP contribution in [0.5, 0.6) is 5.88 Å². The summed E-state index contributed by atoms with van der Waals surface area (Å²) in [5.41, 5.74) is 1.25. The summed E-state index contributed by atoms with van der Waals surface area (Å²) in [4.78, 5) is 37.9. The number of H-pyrrole nitrogens is 1. The number of hydrogen-bond donors (Lipinski definition) is 1. The molecule has 26 heavy (non-hydrogen) atoms. The molecule has 0 bridgehead atoms. The van der Waals surface area contributed by atoms with E-state index in [2.05, 4.69) is 15.0 Å². The number of aromatic nitrogens is 3. The molecule has 7 heteroatoms. The molecule has 1 aliphatic heterocycles. The lowest BCUT2D eigenvalue weighted by Crippen LogP contribution is -2.47. The molecule has 0 radical (unpaired) electrons. The molecule has 1 aliphatic rings. The Morgan fingerprint density at radius 2 is 2.12 bits per heavy atom. The Morgan fingerprint density at radius 1 is 1.23 bits per heavy atom. The number of carbonyl (C=O) groups is 2. The van der Waals surface area contributed by atoms with Crippen molar-refractivity contribution in [3.8, 4) is 5.88 Å². The average molecular weight is 350 g/mol. The van der Waals surface area contributed by atoms with Crippen molar-refractivity contribution in [1.29, 1.82) is 0 Å². The molecule has 1 N–H and O–H groups in total. The van der Waals surface area contributed by atoms with Gasteiger partial charge in [-0.25, -0.2) is 9.97 Å². The number of ketones is 1. The number of piperidine rings is 1. The quantitative estimate of drug-likeness (QED) is 0.576. The molecule has 1 amide bonds. The lowest BCUT2D eigenvalue weighted by Gasteiger charge is -2.32. The van der Waals surface area contributed by atoms with Crippen molar-refractivity contribution in [2.45, 2.75) is 18.9 Å². The summed E-state index contributed by atoms with van der Waals surface area (Å²) in [6.45, 7) is 0.924. The largest absolute Gasteiger partial charge is 0.472 e. The number of carbonyl (C=O) groups excluding carboxylic acids is 2. The normalized spacial score (nSPS) is 17.2. The Balaban J connectivity index is 1.48. The fourth-order valence-electron chi connectivity index (χ4n) is 3.26. The molecule has 0 saturated carbocycles. The number of rotatable bonds is 4. The highest BCUT2D eigenvalue weighted by Crippen LogP contribution is 2.21. The Hall–Kier alpha value is -3.22. The number of fused-ring (bicyclic) bond motifs is 1. The lowest BCUT2D eigenvalue weighted by molar-refractivity contribution is -0.129. The first kappa shape index (κ1) is 16.3. The van der Waals surface area contributed by atoms with Crippen LogP contribution >= 0.6 is 0 Å². The van der Waals surface area contributed by atoms with Crippen LogP contribution < -0.4 is 4.74 Å². The number of Topliss-reactive ketones (excluding diaryl/α,β-unsaturated/α-hetero) is 1. The molecule has 4 rings (SSSR count). The van der Waals surface area contributed by atoms with Crippen molar-refractivity contribution in [1.82, 2.24) is 19.9 Å². The van der Waals surface area contributed by atoms with Gasteiger partial charge in [-0.1, -0.05) is 18.2 Å². The van der Waals surface area contributed by atoms with Gasteiger partial charge in [0.2, 0.25) is 5.88 Å². The zero-order valence-corrected chi connectivity index (χ0v) is 14.1. The number of benzene rings is 1. The second-order valence-corrected chi connectivity index (χ2v) is 6.26. The molecule has 1 saturated heterocycles. The second kappa shape index (κ2) is 6.95. The summed E-state index contributed by atoms with van der Waals surface area (Å²) >= 11 is 0. The minimum absolute atomic E-state index is 0.182. The van der Waals surface area contributed by atoms with Gasteiger partial charge in [-0.3, -0.25) is 9.59 Å². The fraction of sp³-hybridized carbons (Fsp3) is 0.263. The number of hydrogen-bond acceptors (Lipinski definition) is 5. The number of nitrogens with one attached hydrogen (secondary N) is 1. The maximum atomic E-state index is 12.7. The van der Waals surface area contributed by atoms with Crippen molar-refractivity contribution in [3.05, 3.63) is 54.6 Å². The van der Waals surface area contributed by atoms with Crippen molar-refractivity contribution < 1.29 is 14.3 Å². The van der Waals surface area contributed by atoms with E-state index in [1.807, 2.05) is 24.3 Å². The van der Waals surface area contributed by atoms with E-state index in [-0.39, 0.29) is 6.10 Å². The van der Waals surface area contributed by atoms with Gasteiger partial charge in [0.05, 0.1) is 12.1 Å². The van der Waals surface area contributed by atoms with Crippen molar-refractivity contribution in [2.75, 3.05) is 13.1 Å². The molecule has 132 valence electrons. The molecule has 1 aromatic carbocycles. The van der Waals surface area contributed by atoms with E-state index in [0.29, 0.717) is 24.5 Å². The zero-order valence-electron chi connectivity index (χ0n) is 14.1. The highest BCUT2D eigenvalue weighted by molar-refractivity contribution is 6.44. The van der Waals surface area contributed by atoms with Crippen LogP contribution in [0.3, 0.4) is 0 Å². The highest BCUT2D eigenvalue weighted by Gasteiger charge is 2.30. The number of likely N-dealkylation sites (tertiary alicyclic amines) is 1. The predicted molar refractivity (Wildman–Crippen MR) is 94.9 cm³/mol. The molecule has 3 heterocycles. The van der Waals surface area contributed by atoms with E-state index < -0.39 is 11.7 Å². The van der Waals surface area contributed by atoms with Gasteiger partial charge in [0.15, 0.2) is 0 Å². The van der Waals surface area contributed by atoms with Gasteiger partial charge in [0.25, 0.3) is 11.7 Å². The third-order valence-corrected chi connectivity index (χ3v) is 4.54. The minimum atomic E-state index is -0.495. The summed E-state index contributed by atoms with van der Waals surface area (Å²) in [6.07, 6.45) is 6.04. The maximum Gasteiger partial charge on any atom is 0.295 e. The van der Waals surface area contributed by atoms with Crippen molar-refractivity contribution in [2.24, 2.45) is 0 Å². The van der Waals surface area contributed by atoms with Gasteiger partial charge in [-0.2, -0.15) is 0 Å². The molecule has 0 spiro atoms. The molecule has 1 atom stereocenters. The second-order valence-electron chi connectivity index (χ2n) is 6.26. The van der Waals surface area contributed by atoms with E-state index in [1.165, 1.54) is 6.33 Å². The maximum absolute atomic E-state index is 12.7. The van der Waals surface area contributed by atoms with Crippen LogP contribution in [0, 0.1) is 0 Å². The van der Waals surface area contributed by atoms with Gasteiger partial charge in [0.1, 0.15) is 12.4 Å². The zero-order chi connectivity index (χ0) is 17.9. The monoisotopic (exact) mass is 350 g/mol. The summed E-state index contributed by atoms with van der Waals surface area (Å²) < 4.78 is 5.81. The van der Waals surface area contributed by atoms with E-state index in [0.717, 1.165) is 23.7 Å². The number of aromatic amines is 1. The minimum Gasteiger partial charge on any atom is -0.472 e. The molecule has 0 aliphatic carbocycles. The molecule has 1 unspecified atom stereocenters. The Kier molecular flexibility index (Phi) is 4.35. The molecule has 2 aromatic heterocycles. The van der Waals surface area contributed by atoms with Crippen LogP contribution in [0.2, 0.25) is 0 Å². The van der Waals surface area contributed by atoms with Gasteiger partial charge in [-0.15, -0.1) is 0 Å². The SMILES string of the molecule is O=C(C(=O)N1CCCC(Oc2ccncn2)C1)c1c[nH]c2ccccc12. The lowest BCUT2D eigenvalue weighted by atomic mass is 10.0. The molecular weight excluding hydrogens is 332 g/mol. The van der Waals surface area contributed by atoms with E-state index >= 15 is 0 Å². The standard InChI is InChI=1S/C19H18N4O3/c24-18(15-10-21-16-6-2-1-5-14(15)16)19(25)23-9-3-4-13(11-23)26-17-7-8-20-12-22-17/h1-2,5-8,10,12-13,21H,3-4,9,11H2. The van der Waals surface area contributed by atoms with Crippen LogP contribution in [0.1, 0.15) is 23.2 Å². The Labute approximate surface area is 150 Å². The van der Waals surface area contributed by atoms with Gasteiger partial charge < -0.3 is 14.6 Å². The number of amides is 1. The number of para-hydroxylation sites is 1. The smallest absolute Gasteiger partial charge is 0.295 e. The number of ether oxygens (including phenoxy) is 1. The third kappa shape index (κ3) is 3.15. The predicted octanol–water partition coefficient (Wildman–Crippen LogP) is 2.21. The van der Waals surface area contributed by atoms with E-state index in [9.17, 15) is 9.59 Å². The number of nitrogens with zero attached hydrogens (tertiary/aromatic N) is 3. The first-order chi connectivity index (χ1) is 12.7.